The molecule has 3 aliphatic rings. The van der Waals surface area contributed by atoms with E-state index in [1.165, 1.54) is 6.42 Å². The minimum atomic E-state index is -0.982. The number of piperidine rings is 1. The third kappa shape index (κ3) is 5.70. The average Bonchev–Trinajstić information content (AvgIpc) is 3.42. The number of nitrogens with zero attached hydrogens (tertiary/aromatic N) is 7. The largest absolute Gasteiger partial charge is 0.489 e. The van der Waals surface area contributed by atoms with Gasteiger partial charge in [-0.05, 0) is 70.0 Å². The normalized spacial score (nSPS) is 19.4. The molecule has 3 fully saturated rings. The molecule has 7 rings (SSSR count). The number of fused-ring (bicyclic) bond motifs is 3. The second kappa shape index (κ2) is 11.2. The summed E-state index contributed by atoms with van der Waals surface area (Å²) in [5.74, 6) is 4.11. The maximum Gasteiger partial charge on any atom is 0.138 e. The van der Waals surface area contributed by atoms with Crippen molar-refractivity contribution in [3.05, 3.63) is 78.0 Å². The number of hydrogen-bond acceptors (Lipinski definition) is 8. The zero-order valence-corrected chi connectivity index (χ0v) is 24.9. The number of hydrogen-bond donors (Lipinski definition) is 1. The molecule has 3 atom stereocenters. The zero-order chi connectivity index (χ0) is 30.3. The molecule has 2 bridgehead atoms. The van der Waals surface area contributed by atoms with E-state index < -0.39 is 5.60 Å². The molecule has 0 saturated carbocycles. The van der Waals surface area contributed by atoms with Crippen LogP contribution in [0.4, 0.5) is 5.82 Å². The van der Waals surface area contributed by atoms with Crippen LogP contribution in [-0.2, 0) is 0 Å². The number of aromatic nitrogens is 4. The number of allylic oxidation sites excluding steroid dienone is 1. The molecule has 9 nitrogen and oxygen atoms in total. The molecule has 43 heavy (non-hydrogen) atoms. The van der Waals surface area contributed by atoms with Crippen LogP contribution in [0.3, 0.4) is 0 Å². The summed E-state index contributed by atoms with van der Waals surface area (Å²) in [6.07, 6.45) is 15.8. The number of pyridine rings is 3. The van der Waals surface area contributed by atoms with Crippen LogP contribution in [0.1, 0.15) is 50.9 Å². The summed E-state index contributed by atoms with van der Waals surface area (Å²) in [4.78, 5) is 14.3. The lowest BCUT2D eigenvalue weighted by atomic mass is 9.85. The van der Waals surface area contributed by atoms with Crippen molar-refractivity contribution in [1.82, 2.24) is 24.5 Å². The zero-order valence-electron chi connectivity index (χ0n) is 24.9. The molecule has 9 heteroatoms. The van der Waals surface area contributed by atoms with Crippen molar-refractivity contribution in [3.8, 4) is 35.3 Å². The molecule has 4 aromatic heterocycles. The fourth-order valence-corrected chi connectivity index (χ4v) is 6.21. The van der Waals surface area contributed by atoms with Gasteiger partial charge >= 0.3 is 0 Å². The van der Waals surface area contributed by atoms with Crippen LogP contribution in [0.5, 0.6) is 5.75 Å². The van der Waals surface area contributed by atoms with E-state index in [-0.39, 0.29) is 6.61 Å². The average molecular weight is 574 g/mol. The van der Waals surface area contributed by atoms with Gasteiger partial charge < -0.3 is 14.7 Å². The van der Waals surface area contributed by atoms with Gasteiger partial charge in [0, 0.05) is 60.3 Å². The van der Waals surface area contributed by atoms with Crippen LogP contribution in [0.2, 0.25) is 0 Å². The number of rotatable bonds is 8. The summed E-state index contributed by atoms with van der Waals surface area (Å²) in [7, 11) is 0. The highest BCUT2D eigenvalue weighted by Gasteiger charge is 2.46. The quantitative estimate of drug-likeness (QED) is 0.307. The Kier molecular flexibility index (Phi) is 7.39. The first-order valence-electron chi connectivity index (χ1n) is 14.5. The SMILES string of the molecule is C#Cc1ccc(/C(C)=C/C(C)N2C3CC2CN(c2ccc(-c4cc(OCC(C)(C)O)cn5ncc(C#N)c45)cn2)C3)nc1. The highest BCUT2D eigenvalue weighted by atomic mass is 16.5. The van der Waals surface area contributed by atoms with Crippen molar-refractivity contribution in [1.29, 1.82) is 5.26 Å². The summed E-state index contributed by atoms with van der Waals surface area (Å²) < 4.78 is 7.51. The van der Waals surface area contributed by atoms with Crippen LogP contribution < -0.4 is 9.64 Å². The number of terminal acetylenes is 1. The van der Waals surface area contributed by atoms with Gasteiger partial charge in [-0.25, -0.2) is 9.50 Å². The van der Waals surface area contributed by atoms with Crippen molar-refractivity contribution in [2.75, 3.05) is 24.6 Å². The minimum Gasteiger partial charge on any atom is -0.489 e. The first-order valence-corrected chi connectivity index (χ1v) is 14.5. The molecule has 218 valence electrons. The van der Waals surface area contributed by atoms with Crippen LogP contribution in [0.15, 0.2) is 61.2 Å². The lowest BCUT2D eigenvalue weighted by Gasteiger charge is -2.58. The predicted molar refractivity (Wildman–Crippen MR) is 166 cm³/mol. The molecule has 4 aromatic rings. The van der Waals surface area contributed by atoms with Crippen molar-refractivity contribution < 1.29 is 9.84 Å². The van der Waals surface area contributed by atoms with Crippen molar-refractivity contribution in [2.45, 2.75) is 57.8 Å². The van der Waals surface area contributed by atoms with Gasteiger partial charge in [-0.3, -0.25) is 9.88 Å². The predicted octanol–water partition coefficient (Wildman–Crippen LogP) is 4.55. The number of anilines is 1. The van der Waals surface area contributed by atoms with E-state index in [1.54, 1.807) is 37.0 Å². The fraction of sp³-hybridized carbons (Fsp3) is 0.353. The number of ether oxygens (including phenoxy) is 1. The monoisotopic (exact) mass is 573 g/mol. The first-order chi connectivity index (χ1) is 20.6. The number of aliphatic hydroxyl groups is 1. The van der Waals surface area contributed by atoms with Gasteiger partial charge in [0.25, 0.3) is 0 Å². The van der Waals surface area contributed by atoms with Gasteiger partial charge in [0.1, 0.15) is 24.2 Å². The Morgan fingerprint density at radius 2 is 1.98 bits per heavy atom. The summed E-state index contributed by atoms with van der Waals surface area (Å²) in [6, 6.07) is 13.3. The molecule has 3 unspecified atom stereocenters. The molecule has 0 amide bonds. The molecule has 0 spiro atoms. The third-order valence-electron chi connectivity index (χ3n) is 8.23. The molecule has 0 radical (unpaired) electrons. The van der Waals surface area contributed by atoms with E-state index in [1.807, 2.05) is 36.5 Å². The van der Waals surface area contributed by atoms with Gasteiger partial charge in [0.2, 0.25) is 0 Å². The Balaban J connectivity index is 1.17. The Bertz CT molecular complexity index is 1740. The Hall–Kier alpha value is -4.70. The molecule has 3 saturated heterocycles. The highest BCUT2D eigenvalue weighted by molar-refractivity contribution is 5.85. The highest BCUT2D eigenvalue weighted by Crippen LogP contribution is 2.37. The summed E-state index contributed by atoms with van der Waals surface area (Å²) in [6.45, 7) is 9.71. The first kappa shape index (κ1) is 28.4. The topological polar surface area (TPSA) is 103 Å². The standard InChI is InChI=1S/C34H35N7O2/c1-6-24-7-9-31(36-15-24)22(2)11-23(3)41-27-12-28(41)19-39(18-27)32-10-8-25(16-37-32)30-13-29(43-21-34(4,5)42)20-40-33(30)26(14-35)17-38-40/h1,7-11,13,15-17,20,23,27-28,42H,12,18-19,21H2,2-5H3/b22-11+. The van der Waals surface area contributed by atoms with Gasteiger partial charge in [-0.1, -0.05) is 12.0 Å². The summed E-state index contributed by atoms with van der Waals surface area (Å²) in [5, 5.41) is 24.2. The molecule has 0 aliphatic carbocycles. The smallest absolute Gasteiger partial charge is 0.138 e. The number of piperazine rings is 1. The van der Waals surface area contributed by atoms with Gasteiger partial charge in [-0.15, -0.1) is 6.42 Å². The maximum atomic E-state index is 10.1. The molecular formula is C34H35N7O2. The van der Waals surface area contributed by atoms with Crippen LogP contribution in [0.25, 0.3) is 22.2 Å². The van der Waals surface area contributed by atoms with E-state index in [0.717, 1.165) is 46.9 Å². The van der Waals surface area contributed by atoms with E-state index in [9.17, 15) is 10.4 Å². The molecular weight excluding hydrogens is 538 g/mol. The van der Waals surface area contributed by atoms with Crippen LogP contribution in [-0.4, -0.2) is 73.0 Å². The van der Waals surface area contributed by atoms with E-state index >= 15 is 0 Å². The van der Waals surface area contributed by atoms with E-state index in [4.69, 9.17) is 16.1 Å². The van der Waals surface area contributed by atoms with Crippen LogP contribution in [0, 0.1) is 23.7 Å². The van der Waals surface area contributed by atoms with E-state index in [0.29, 0.717) is 35.0 Å². The van der Waals surface area contributed by atoms with Crippen molar-refractivity contribution >= 4 is 16.9 Å². The second-order valence-electron chi connectivity index (χ2n) is 12.1. The molecule has 7 heterocycles. The van der Waals surface area contributed by atoms with Gasteiger partial charge in [0.15, 0.2) is 0 Å². The van der Waals surface area contributed by atoms with Crippen molar-refractivity contribution in [2.24, 2.45) is 0 Å². The maximum absolute atomic E-state index is 10.1. The summed E-state index contributed by atoms with van der Waals surface area (Å²) >= 11 is 0. The third-order valence-corrected chi connectivity index (χ3v) is 8.23. The Morgan fingerprint density at radius 1 is 1.19 bits per heavy atom. The lowest BCUT2D eigenvalue weighted by molar-refractivity contribution is -0.0185. The molecule has 1 N–H and O–H groups in total. The molecule has 0 aromatic carbocycles. The van der Waals surface area contributed by atoms with Crippen LogP contribution >= 0.6 is 0 Å². The fourth-order valence-electron chi connectivity index (χ4n) is 6.21. The Morgan fingerprint density at radius 3 is 2.60 bits per heavy atom. The number of nitriles is 1. The van der Waals surface area contributed by atoms with Gasteiger partial charge in [0.05, 0.1) is 34.8 Å². The summed E-state index contributed by atoms with van der Waals surface area (Å²) in [5.41, 5.74) is 4.74. The van der Waals surface area contributed by atoms with E-state index in [2.05, 4.69) is 51.8 Å². The lowest BCUT2D eigenvalue weighted by Crippen LogP contribution is -2.70. The van der Waals surface area contributed by atoms with Crippen molar-refractivity contribution in [3.63, 3.8) is 0 Å². The minimum absolute atomic E-state index is 0.125. The Labute approximate surface area is 252 Å². The van der Waals surface area contributed by atoms with Gasteiger partial charge in [-0.2, -0.15) is 10.4 Å². The molecule has 3 aliphatic heterocycles. The second-order valence-corrected chi connectivity index (χ2v) is 12.1.